The van der Waals surface area contributed by atoms with Gasteiger partial charge in [0.05, 0.1) is 11.3 Å². The van der Waals surface area contributed by atoms with Crippen LogP contribution in [0, 0.1) is 6.92 Å². The van der Waals surface area contributed by atoms with Gasteiger partial charge in [-0.05, 0) is 50.3 Å². The van der Waals surface area contributed by atoms with E-state index in [1.807, 2.05) is 54.7 Å². The zero-order valence-electron chi connectivity index (χ0n) is 17.1. The fourth-order valence-electron chi connectivity index (χ4n) is 3.79. The number of fused-ring (bicyclic) bond motifs is 1. The Hall–Kier alpha value is -2.83. The summed E-state index contributed by atoms with van der Waals surface area (Å²) in [7, 11) is 0. The van der Waals surface area contributed by atoms with E-state index in [-0.39, 0.29) is 18.2 Å². The molecule has 30 heavy (non-hydrogen) atoms. The first-order chi connectivity index (χ1) is 14.6. The molecule has 0 fully saturated rings. The second-order valence-electron chi connectivity index (χ2n) is 7.68. The number of hydrogen-bond acceptors (Lipinski definition) is 4. The third-order valence-corrected chi connectivity index (χ3v) is 6.58. The highest BCUT2D eigenvalue weighted by molar-refractivity contribution is 7.17. The minimum Gasteiger partial charge on any atom is -0.333 e. The highest BCUT2D eigenvalue weighted by atomic mass is 32.1. The first-order valence-electron chi connectivity index (χ1n) is 10.4. The van der Waals surface area contributed by atoms with Gasteiger partial charge in [0, 0.05) is 16.6 Å². The maximum absolute atomic E-state index is 13.3. The average Bonchev–Trinajstić information content (AvgIpc) is 3.12. The van der Waals surface area contributed by atoms with E-state index in [4.69, 9.17) is 0 Å². The fraction of sp³-hybridized carbons (Fsp3) is 0.292. The third kappa shape index (κ3) is 4.66. The summed E-state index contributed by atoms with van der Waals surface area (Å²) in [6.07, 6.45) is 5.86. The number of thiophene rings is 1. The van der Waals surface area contributed by atoms with Gasteiger partial charge in [-0.3, -0.25) is 14.6 Å². The molecule has 3 N–H and O–H groups in total. The second kappa shape index (κ2) is 9.32. The molecule has 5 nitrogen and oxygen atoms in total. The van der Waals surface area contributed by atoms with Crippen LogP contribution in [0.15, 0.2) is 48.7 Å². The number of rotatable bonds is 7. The van der Waals surface area contributed by atoms with Crippen LogP contribution in [0.2, 0.25) is 0 Å². The van der Waals surface area contributed by atoms with Crippen molar-refractivity contribution in [1.29, 1.82) is 0 Å². The Kier molecular flexibility index (Phi) is 6.35. The molecule has 154 valence electrons. The van der Waals surface area contributed by atoms with Crippen molar-refractivity contribution in [2.45, 2.75) is 39.2 Å². The lowest BCUT2D eigenvalue weighted by Crippen LogP contribution is -2.84. The number of anilines is 1. The van der Waals surface area contributed by atoms with Crippen molar-refractivity contribution in [2.24, 2.45) is 0 Å². The number of hydrogen-bond donors (Lipinski definition) is 2. The van der Waals surface area contributed by atoms with Gasteiger partial charge in [-0.25, -0.2) is 0 Å². The second-order valence-corrected chi connectivity index (χ2v) is 8.78. The molecule has 1 aromatic carbocycles. The summed E-state index contributed by atoms with van der Waals surface area (Å²) in [5.41, 5.74) is 4.55. The molecular formula is C24H26N3O2S+. The molecule has 0 spiro atoms. The number of aromatic nitrogens is 1. The molecule has 0 saturated carbocycles. The number of amides is 1. The molecule has 0 unspecified atom stereocenters. The van der Waals surface area contributed by atoms with Crippen molar-refractivity contribution in [3.8, 4) is 0 Å². The Bertz CT molecular complexity index is 1040. The monoisotopic (exact) mass is 420 g/mol. The van der Waals surface area contributed by atoms with Gasteiger partial charge in [0.2, 0.25) is 0 Å². The van der Waals surface area contributed by atoms with Crippen LogP contribution in [0.5, 0.6) is 0 Å². The van der Waals surface area contributed by atoms with Crippen LogP contribution in [0.3, 0.4) is 0 Å². The SMILES string of the molecule is Cc1ccc(C(=O)c2c(NC(=O)C[NH2+]Cc3ccccn3)sc3c2CCCC3)cc1. The molecule has 1 aliphatic rings. The Morgan fingerprint density at radius 3 is 2.67 bits per heavy atom. The smallest absolute Gasteiger partial charge is 0.280 e. The number of nitrogens with two attached hydrogens (primary N) is 1. The van der Waals surface area contributed by atoms with E-state index in [2.05, 4.69) is 10.3 Å². The largest absolute Gasteiger partial charge is 0.333 e. The van der Waals surface area contributed by atoms with Crippen LogP contribution < -0.4 is 10.6 Å². The van der Waals surface area contributed by atoms with Crippen LogP contribution in [-0.4, -0.2) is 23.2 Å². The molecular weight excluding hydrogens is 394 g/mol. The predicted octanol–water partition coefficient (Wildman–Crippen LogP) is 3.26. The number of carbonyl (C=O) groups excluding carboxylic acids is 2. The lowest BCUT2D eigenvalue weighted by molar-refractivity contribution is -0.660. The molecule has 0 saturated heterocycles. The van der Waals surface area contributed by atoms with Gasteiger partial charge in [-0.2, -0.15) is 0 Å². The number of ketones is 1. The number of benzene rings is 1. The summed E-state index contributed by atoms with van der Waals surface area (Å²) in [5.74, 6) is -0.0929. The molecule has 2 heterocycles. The Balaban J connectivity index is 1.51. The zero-order chi connectivity index (χ0) is 20.9. The molecule has 2 aromatic heterocycles. The van der Waals surface area contributed by atoms with Crippen LogP contribution >= 0.6 is 11.3 Å². The van der Waals surface area contributed by atoms with Crippen molar-refractivity contribution in [3.63, 3.8) is 0 Å². The predicted molar refractivity (Wildman–Crippen MR) is 119 cm³/mol. The van der Waals surface area contributed by atoms with Gasteiger partial charge < -0.3 is 10.6 Å². The van der Waals surface area contributed by atoms with Crippen molar-refractivity contribution in [2.75, 3.05) is 11.9 Å². The lowest BCUT2D eigenvalue weighted by Gasteiger charge is -2.12. The Morgan fingerprint density at radius 1 is 1.10 bits per heavy atom. The third-order valence-electron chi connectivity index (χ3n) is 5.37. The number of nitrogens with one attached hydrogen (secondary N) is 1. The van der Waals surface area contributed by atoms with Crippen molar-refractivity contribution >= 4 is 28.0 Å². The maximum atomic E-state index is 13.3. The van der Waals surface area contributed by atoms with Crippen molar-refractivity contribution < 1.29 is 14.9 Å². The average molecular weight is 421 g/mol. The minimum atomic E-state index is -0.0949. The van der Waals surface area contributed by atoms with E-state index in [1.165, 1.54) is 4.88 Å². The molecule has 6 heteroatoms. The summed E-state index contributed by atoms with van der Waals surface area (Å²) in [5, 5.41) is 5.64. The summed E-state index contributed by atoms with van der Waals surface area (Å²) in [6.45, 7) is 2.94. The summed E-state index contributed by atoms with van der Waals surface area (Å²) >= 11 is 1.57. The minimum absolute atomic E-state index is 0.00200. The molecule has 3 aromatic rings. The molecule has 0 atom stereocenters. The highest BCUT2D eigenvalue weighted by Crippen LogP contribution is 2.39. The number of nitrogens with zero attached hydrogens (tertiary/aromatic N) is 1. The molecule has 1 aliphatic carbocycles. The zero-order valence-corrected chi connectivity index (χ0v) is 17.9. The summed E-state index contributed by atoms with van der Waals surface area (Å²) in [6, 6.07) is 13.4. The Labute approximate surface area is 180 Å². The van der Waals surface area contributed by atoms with E-state index in [9.17, 15) is 9.59 Å². The molecule has 1 amide bonds. The van der Waals surface area contributed by atoms with Gasteiger partial charge in [0.1, 0.15) is 11.5 Å². The summed E-state index contributed by atoms with van der Waals surface area (Å²) < 4.78 is 0. The maximum Gasteiger partial charge on any atom is 0.280 e. The normalized spacial score (nSPS) is 13.0. The number of pyridine rings is 1. The fourth-order valence-corrected chi connectivity index (χ4v) is 5.09. The molecule has 0 bridgehead atoms. The van der Waals surface area contributed by atoms with E-state index < -0.39 is 0 Å². The molecule has 0 radical (unpaired) electrons. The van der Waals surface area contributed by atoms with E-state index in [1.54, 1.807) is 17.5 Å². The lowest BCUT2D eigenvalue weighted by atomic mass is 9.91. The number of quaternary nitrogens is 1. The van der Waals surface area contributed by atoms with Crippen molar-refractivity contribution in [3.05, 3.63) is 81.5 Å². The standard InChI is InChI=1S/C24H25N3O2S/c1-16-9-11-17(12-10-16)23(29)22-19-7-2-3-8-20(19)30-24(22)27-21(28)15-25-14-18-6-4-5-13-26-18/h4-6,9-13,25H,2-3,7-8,14-15H2,1H3,(H,27,28)/p+1. The quantitative estimate of drug-likeness (QED) is 0.576. The van der Waals surface area contributed by atoms with Crippen molar-refractivity contribution in [1.82, 2.24) is 4.98 Å². The van der Waals surface area contributed by atoms with Gasteiger partial charge in [0.25, 0.3) is 5.91 Å². The molecule has 4 rings (SSSR count). The van der Waals surface area contributed by atoms with Crippen LogP contribution in [-0.2, 0) is 24.2 Å². The first kappa shape index (κ1) is 20.4. The van der Waals surface area contributed by atoms with Gasteiger partial charge in [0.15, 0.2) is 12.3 Å². The van der Waals surface area contributed by atoms with Gasteiger partial charge in [-0.1, -0.05) is 35.9 Å². The topological polar surface area (TPSA) is 75.7 Å². The van der Waals surface area contributed by atoms with Crippen LogP contribution in [0.25, 0.3) is 0 Å². The molecule has 0 aliphatic heterocycles. The summed E-state index contributed by atoms with van der Waals surface area (Å²) in [4.78, 5) is 31.5. The highest BCUT2D eigenvalue weighted by Gasteiger charge is 2.27. The first-order valence-corrected chi connectivity index (χ1v) is 11.2. The van der Waals surface area contributed by atoms with Gasteiger partial charge in [-0.15, -0.1) is 11.3 Å². The number of carbonyl (C=O) groups is 2. The number of aryl methyl sites for hydroxylation is 2. The van der Waals surface area contributed by atoms with E-state index in [0.717, 1.165) is 42.5 Å². The van der Waals surface area contributed by atoms with Crippen LogP contribution in [0.1, 0.15) is 50.5 Å². The Morgan fingerprint density at radius 2 is 1.90 bits per heavy atom. The van der Waals surface area contributed by atoms with E-state index >= 15 is 0 Å². The van der Waals surface area contributed by atoms with Crippen LogP contribution in [0.4, 0.5) is 5.00 Å². The van der Waals surface area contributed by atoms with Gasteiger partial charge >= 0.3 is 0 Å². The van der Waals surface area contributed by atoms with E-state index in [0.29, 0.717) is 22.7 Å².